The highest BCUT2D eigenvalue weighted by Gasteiger charge is 2.37. The van der Waals surface area contributed by atoms with Crippen molar-refractivity contribution in [1.29, 1.82) is 0 Å². The molecule has 5 heteroatoms. The fourth-order valence-corrected chi connectivity index (χ4v) is 3.92. The molecule has 1 aliphatic carbocycles. The molecule has 2 aromatic rings. The number of rotatable bonds is 4. The Morgan fingerprint density at radius 1 is 1.20 bits per heavy atom. The van der Waals surface area contributed by atoms with Crippen molar-refractivity contribution in [2.45, 2.75) is 45.6 Å². The Balaban J connectivity index is 2.24. The Morgan fingerprint density at radius 2 is 1.96 bits per heavy atom. The molecule has 1 aromatic carbocycles. The van der Waals surface area contributed by atoms with Crippen LogP contribution in [0.4, 0.5) is 8.78 Å². The fourth-order valence-electron chi connectivity index (χ4n) is 3.92. The Hall–Kier alpha value is -2.01. The molecule has 3 nitrogen and oxygen atoms in total. The van der Waals surface area contributed by atoms with E-state index in [4.69, 9.17) is 4.74 Å². The normalized spacial score (nSPS) is 19.2. The Labute approximate surface area is 146 Å². The summed E-state index contributed by atoms with van der Waals surface area (Å²) in [5, 5.41) is 9.47. The number of aromatic nitrogens is 1. The molecule has 0 radical (unpaired) electrons. The van der Waals surface area contributed by atoms with Gasteiger partial charge < -0.3 is 9.84 Å². The van der Waals surface area contributed by atoms with Crippen LogP contribution in [0.15, 0.2) is 24.4 Å². The van der Waals surface area contributed by atoms with Crippen LogP contribution >= 0.6 is 0 Å². The molecule has 3 rings (SSSR count). The van der Waals surface area contributed by atoms with Gasteiger partial charge in [-0.2, -0.15) is 0 Å². The summed E-state index contributed by atoms with van der Waals surface area (Å²) in [6.07, 6.45) is 4.19. The quantitative estimate of drug-likeness (QED) is 0.862. The molecule has 1 saturated carbocycles. The first kappa shape index (κ1) is 17.8. The van der Waals surface area contributed by atoms with E-state index in [0.717, 1.165) is 31.0 Å². The maximum Gasteiger partial charge on any atom is 0.213 e. The van der Waals surface area contributed by atoms with Crippen molar-refractivity contribution in [1.82, 2.24) is 4.98 Å². The zero-order valence-corrected chi connectivity index (χ0v) is 14.8. The number of nitrogens with zero attached hydrogens (tertiary/aromatic N) is 1. The highest BCUT2D eigenvalue weighted by molar-refractivity contribution is 5.70. The van der Waals surface area contributed by atoms with Gasteiger partial charge >= 0.3 is 0 Å². The highest BCUT2D eigenvalue weighted by atomic mass is 19.1. The zero-order valence-electron chi connectivity index (χ0n) is 14.8. The number of pyridine rings is 1. The summed E-state index contributed by atoms with van der Waals surface area (Å²) in [4.78, 5) is 3.86. The molecular weight excluding hydrogens is 324 g/mol. The zero-order chi connectivity index (χ0) is 18.2. The molecule has 1 aliphatic rings. The standard InChI is InChI=1S/C20H23F2NO2/c1-20(2)6-4-5-16(20)14-7-12(11-24)17(21)8-13(14)15-9-19(25-3)23-10-18(15)22/h7-10,16,24H,4-6,11H2,1-3H3. The molecule has 0 amide bonds. The second-order valence-electron chi connectivity index (χ2n) is 7.33. The fraction of sp³-hybridized carbons (Fsp3) is 0.450. The molecule has 134 valence electrons. The van der Waals surface area contributed by atoms with E-state index in [0.29, 0.717) is 5.56 Å². The van der Waals surface area contributed by atoms with E-state index >= 15 is 0 Å². The lowest BCUT2D eigenvalue weighted by Crippen LogP contribution is -2.17. The minimum atomic E-state index is -0.535. The third-order valence-electron chi connectivity index (χ3n) is 5.35. The van der Waals surface area contributed by atoms with Gasteiger partial charge in [0.05, 0.1) is 19.9 Å². The van der Waals surface area contributed by atoms with Gasteiger partial charge in [-0.25, -0.2) is 13.8 Å². The first-order valence-electron chi connectivity index (χ1n) is 8.50. The van der Waals surface area contributed by atoms with Gasteiger partial charge in [-0.15, -0.1) is 0 Å². The molecule has 1 atom stereocenters. The van der Waals surface area contributed by atoms with Crippen molar-refractivity contribution in [3.8, 4) is 17.0 Å². The number of hydrogen-bond donors (Lipinski definition) is 1. The van der Waals surface area contributed by atoms with Crippen LogP contribution in [0.5, 0.6) is 5.88 Å². The first-order chi connectivity index (χ1) is 11.9. The molecule has 1 unspecified atom stereocenters. The molecule has 1 heterocycles. The van der Waals surface area contributed by atoms with Gasteiger partial charge in [-0.05, 0) is 47.4 Å². The topological polar surface area (TPSA) is 42.4 Å². The van der Waals surface area contributed by atoms with Crippen LogP contribution in [-0.4, -0.2) is 17.2 Å². The third-order valence-corrected chi connectivity index (χ3v) is 5.35. The van der Waals surface area contributed by atoms with Crippen LogP contribution in [0.3, 0.4) is 0 Å². The van der Waals surface area contributed by atoms with E-state index in [9.17, 15) is 13.9 Å². The third kappa shape index (κ3) is 3.25. The van der Waals surface area contributed by atoms with Crippen LogP contribution < -0.4 is 4.74 Å². The molecule has 0 bridgehead atoms. The van der Waals surface area contributed by atoms with Crippen LogP contribution in [-0.2, 0) is 6.61 Å². The second kappa shape index (κ2) is 6.71. The summed E-state index contributed by atoms with van der Waals surface area (Å²) in [6, 6.07) is 4.51. The predicted octanol–water partition coefficient (Wildman–Crippen LogP) is 4.82. The van der Waals surface area contributed by atoms with Gasteiger partial charge in [0.2, 0.25) is 5.88 Å². The average Bonchev–Trinajstić information content (AvgIpc) is 2.94. The van der Waals surface area contributed by atoms with Gasteiger partial charge in [0.15, 0.2) is 0 Å². The number of aliphatic hydroxyl groups excluding tert-OH is 1. The van der Waals surface area contributed by atoms with E-state index in [1.54, 1.807) is 6.07 Å². The Bertz CT molecular complexity index is 790. The number of methoxy groups -OCH3 is 1. The summed E-state index contributed by atoms with van der Waals surface area (Å²) in [7, 11) is 1.46. The van der Waals surface area contributed by atoms with Crippen LogP contribution in [0.25, 0.3) is 11.1 Å². The van der Waals surface area contributed by atoms with Gasteiger partial charge in [0.1, 0.15) is 11.6 Å². The average molecular weight is 347 g/mol. The lowest BCUT2D eigenvalue weighted by atomic mass is 9.75. The summed E-state index contributed by atoms with van der Waals surface area (Å²) >= 11 is 0. The molecule has 0 aliphatic heterocycles. The van der Waals surface area contributed by atoms with Crippen molar-refractivity contribution in [2.75, 3.05) is 7.11 Å². The summed E-state index contributed by atoms with van der Waals surface area (Å²) < 4.78 is 34.0. The number of ether oxygens (including phenoxy) is 1. The highest BCUT2D eigenvalue weighted by Crippen LogP contribution is 2.51. The lowest BCUT2D eigenvalue weighted by molar-refractivity contribution is 0.275. The second-order valence-corrected chi connectivity index (χ2v) is 7.33. The Kier molecular flexibility index (Phi) is 4.78. The number of aliphatic hydroxyl groups is 1. The molecule has 0 spiro atoms. The molecule has 25 heavy (non-hydrogen) atoms. The van der Waals surface area contributed by atoms with E-state index in [1.165, 1.54) is 19.2 Å². The number of hydrogen-bond acceptors (Lipinski definition) is 3. The molecule has 1 aromatic heterocycles. The predicted molar refractivity (Wildman–Crippen MR) is 92.4 cm³/mol. The number of benzene rings is 1. The summed E-state index contributed by atoms with van der Waals surface area (Å²) in [5.74, 6) is -0.604. The summed E-state index contributed by atoms with van der Waals surface area (Å²) in [5.41, 5.74) is 1.93. The van der Waals surface area contributed by atoms with Crippen molar-refractivity contribution < 1.29 is 18.6 Å². The van der Waals surface area contributed by atoms with Crippen LogP contribution in [0, 0.1) is 17.0 Å². The monoisotopic (exact) mass is 347 g/mol. The molecule has 1 fully saturated rings. The van der Waals surface area contributed by atoms with Crippen molar-refractivity contribution in [3.63, 3.8) is 0 Å². The first-order valence-corrected chi connectivity index (χ1v) is 8.50. The van der Waals surface area contributed by atoms with Gasteiger partial charge in [-0.1, -0.05) is 20.3 Å². The van der Waals surface area contributed by atoms with Crippen molar-refractivity contribution >= 4 is 0 Å². The van der Waals surface area contributed by atoms with Gasteiger partial charge in [0, 0.05) is 17.2 Å². The minimum Gasteiger partial charge on any atom is -0.481 e. The molecule has 1 N–H and O–H groups in total. The smallest absolute Gasteiger partial charge is 0.213 e. The van der Waals surface area contributed by atoms with E-state index in [-0.39, 0.29) is 34.9 Å². The molecular formula is C20H23F2NO2. The SMILES string of the molecule is COc1cc(-c2cc(F)c(CO)cc2C2CCCC2(C)C)c(F)cn1. The van der Waals surface area contributed by atoms with E-state index in [1.807, 2.05) is 0 Å². The van der Waals surface area contributed by atoms with Crippen molar-refractivity contribution in [3.05, 3.63) is 47.2 Å². The van der Waals surface area contributed by atoms with E-state index < -0.39 is 11.6 Å². The lowest BCUT2D eigenvalue weighted by Gasteiger charge is -2.30. The number of halogens is 2. The van der Waals surface area contributed by atoms with Crippen LogP contribution in [0.2, 0.25) is 0 Å². The van der Waals surface area contributed by atoms with Gasteiger partial charge in [-0.3, -0.25) is 0 Å². The Morgan fingerprint density at radius 3 is 2.56 bits per heavy atom. The van der Waals surface area contributed by atoms with Crippen LogP contribution in [0.1, 0.15) is 50.2 Å². The molecule has 0 saturated heterocycles. The summed E-state index contributed by atoms with van der Waals surface area (Å²) in [6.45, 7) is 3.98. The minimum absolute atomic E-state index is 0.0346. The van der Waals surface area contributed by atoms with Gasteiger partial charge in [0.25, 0.3) is 0 Å². The maximum absolute atomic E-state index is 14.5. The van der Waals surface area contributed by atoms with E-state index in [2.05, 4.69) is 18.8 Å². The maximum atomic E-state index is 14.5. The van der Waals surface area contributed by atoms with Crippen molar-refractivity contribution in [2.24, 2.45) is 5.41 Å². The largest absolute Gasteiger partial charge is 0.481 e.